The molecule has 0 aliphatic carbocycles. The van der Waals surface area contributed by atoms with Gasteiger partial charge in [0.05, 0.1) is 19.1 Å². The summed E-state index contributed by atoms with van der Waals surface area (Å²) in [6.45, 7) is 8.22. The molecule has 0 heterocycles. The van der Waals surface area contributed by atoms with Crippen molar-refractivity contribution in [1.29, 1.82) is 0 Å². The van der Waals surface area contributed by atoms with Crippen LogP contribution in [0.3, 0.4) is 0 Å². The Kier molecular flexibility index (Phi) is 10.7. The average molecular weight is 299 g/mol. The maximum atomic E-state index is 10.6. The minimum Gasteiger partial charge on any atom is -0.481 e. The highest BCUT2D eigenvalue weighted by molar-refractivity contribution is 5.98. The fraction of sp³-hybridized carbons (Fsp3) is 0.231. The largest absolute Gasteiger partial charge is 0.481 e. The molecule has 0 unspecified atom stereocenters. The van der Waals surface area contributed by atoms with Crippen molar-refractivity contribution < 1.29 is 34.1 Å². The molecule has 2 N–H and O–H groups in total. The topological polar surface area (TPSA) is 121 Å². The number of methoxy groups -OCH3 is 1. The molecule has 116 valence electrons. The lowest BCUT2D eigenvalue weighted by Crippen LogP contribution is -2.14. The molecule has 0 bridgehead atoms. The number of carboxylic acid groups (broad SMARTS) is 2. The first-order valence-electron chi connectivity index (χ1n) is 5.47. The third-order valence-corrected chi connectivity index (χ3v) is 1.87. The van der Waals surface area contributed by atoms with Crippen molar-refractivity contribution in [2.75, 3.05) is 7.11 Å². The summed E-state index contributed by atoms with van der Waals surface area (Å²) < 4.78 is 4.14. The van der Waals surface area contributed by atoms with Crippen LogP contribution in [0, 0.1) is 0 Å². The van der Waals surface area contributed by atoms with E-state index in [2.05, 4.69) is 17.9 Å². The lowest BCUT2D eigenvalue weighted by Gasteiger charge is -2.06. The van der Waals surface area contributed by atoms with Gasteiger partial charge in [0.2, 0.25) is 5.91 Å². The summed E-state index contributed by atoms with van der Waals surface area (Å²) in [5.74, 6) is -3.74. The lowest BCUT2D eigenvalue weighted by molar-refractivity contribution is -0.140. The minimum atomic E-state index is -1.45. The van der Waals surface area contributed by atoms with E-state index >= 15 is 0 Å². The van der Waals surface area contributed by atoms with E-state index in [0.29, 0.717) is 6.08 Å². The van der Waals surface area contributed by atoms with Crippen LogP contribution in [0.5, 0.6) is 0 Å². The van der Waals surface area contributed by atoms with Gasteiger partial charge in [-0.25, -0.2) is 9.59 Å². The van der Waals surface area contributed by atoms with Crippen molar-refractivity contribution in [1.82, 2.24) is 4.90 Å². The Hall–Kier alpha value is -2.90. The van der Waals surface area contributed by atoms with Crippen LogP contribution in [0.4, 0.5) is 0 Å². The Bertz CT molecular complexity index is 457. The third kappa shape index (κ3) is 10.7. The van der Waals surface area contributed by atoms with E-state index in [-0.39, 0.29) is 5.91 Å². The van der Waals surface area contributed by atoms with Gasteiger partial charge < -0.3 is 14.9 Å². The average Bonchev–Trinajstić information content (AvgIpc) is 2.38. The Morgan fingerprint density at radius 2 is 1.62 bits per heavy atom. The number of ether oxygens (including phenoxy) is 1. The zero-order valence-corrected chi connectivity index (χ0v) is 11.7. The van der Waals surface area contributed by atoms with Crippen molar-refractivity contribution in [3.05, 3.63) is 37.2 Å². The molecule has 0 fully saturated rings. The second kappa shape index (κ2) is 11.0. The summed E-state index contributed by atoms with van der Waals surface area (Å²) in [6.07, 6.45) is 2.74. The van der Waals surface area contributed by atoms with Gasteiger partial charge in [-0.15, -0.1) is 0 Å². The number of aliphatic carboxylic acids is 2. The fourth-order valence-corrected chi connectivity index (χ4v) is 0.884. The smallest absolute Gasteiger partial charge is 0.332 e. The molecule has 1 amide bonds. The summed E-state index contributed by atoms with van der Waals surface area (Å²) in [4.78, 5) is 42.7. The van der Waals surface area contributed by atoms with E-state index in [9.17, 15) is 19.2 Å². The first-order chi connectivity index (χ1) is 9.69. The molecule has 8 heteroatoms. The highest BCUT2D eigenvalue weighted by Crippen LogP contribution is 2.01. The normalized spacial score (nSPS) is 9.52. The Morgan fingerprint density at radius 3 is 1.81 bits per heavy atom. The van der Waals surface area contributed by atoms with Crippen LogP contribution in [-0.4, -0.2) is 46.0 Å². The van der Waals surface area contributed by atoms with Crippen LogP contribution in [0.25, 0.3) is 0 Å². The minimum absolute atomic E-state index is 0.0741. The van der Waals surface area contributed by atoms with Crippen LogP contribution in [-0.2, 0) is 23.9 Å². The number of amides is 1. The predicted octanol–water partition coefficient (Wildman–Crippen LogP) is 0.767. The van der Waals surface area contributed by atoms with Gasteiger partial charge in [-0.1, -0.05) is 13.2 Å². The van der Waals surface area contributed by atoms with E-state index in [4.69, 9.17) is 10.2 Å². The van der Waals surface area contributed by atoms with Crippen LogP contribution in [0.2, 0.25) is 0 Å². The zero-order chi connectivity index (χ0) is 17.0. The Labute approximate surface area is 121 Å². The zero-order valence-electron chi connectivity index (χ0n) is 11.7. The molecular formula is C13H17NO7. The standard InChI is InChI=1S/C7H8O6.C6H9NO/c1-13-6(10)3-4(7(11)12)2-5(8)9;1-4-7(5-2)6(3)8/h3H,2H2,1H3,(H,8,9)(H,11,12);4-5H,1-2H2,3H3. The van der Waals surface area contributed by atoms with E-state index in [1.165, 1.54) is 24.2 Å². The summed E-state index contributed by atoms with van der Waals surface area (Å²) in [6, 6.07) is 0. The second-order valence-electron chi connectivity index (χ2n) is 3.36. The number of carboxylic acids is 2. The van der Waals surface area contributed by atoms with Crippen molar-refractivity contribution in [3.8, 4) is 0 Å². The van der Waals surface area contributed by atoms with Crippen molar-refractivity contribution >= 4 is 23.8 Å². The molecule has 0 saturated heterocycles. The van der Waals surface area contributed by atoms with Gasteiger partial charge in [0, 0.05) is 25.4 Å². The fourth-order valence-electron chi connectivity index (χ4n) is 0.884. The predicted molar refractivity (Wildman–Crippen MR) is 72.9 cm³/mol. The van der Waals surface area contributed by atoms with Gasteiger partial charge in [0.15, 0.2) is 0 Å². The molecule has 0 aliphatic rings. The number of esters is 1. The maximum absolute atomic E-state index is 10.6. The van der Waals surface area contributed by atoms with Crippen LogP contribution >= 0.6 is 0 Å². The number of hydrogen-bond donors (Lipinski definition) is 2. The quantitative estimate of drug-likeness (QED) is 0.548. The van der Waals surface area contributed by atoms with Gasteiger partial charge in [-0.05, 0) is 0 Å². The molecule has 0 rings (SSSR count). The molecule has 0 saturated carbocycles. The van der Waals surface area contributed by atoms with Crippen LogP contribution in [0.1, 0.15) is 13.3 Å². The van der Waals surface area contributed by atoms with E-state index in [1.54, 1.807) is 0 Å². The van der Waals surface area contributed by atoms with Crippen LogP contribution < -0.4 is 0 Å². The van der Waals surface area contributed by atoms with Crippen LogP contribution in [0.15, 0.2) is 37.2 Å². The highest BCUT2D eigenvalue weighted by atomic mass is 16.5. The summed E-state index contributed by atoms with van der Waals surface area (Å²) in [5.41, 5.74) is -0.514. The van der Waals surface area contributed by atoms with Crippen molar-refractivity contribution in [2.24, 2.45) is 0 Å². The molecule has 8 nitrogen and oxygen atoms in total. The highest BCUT2D eigenvalue weighted by Gasteiger charge is 2.13. The number of carbonyl (C=O) groups is 4. The van der Waals surface area contributed by atoms with Gasteiger partial charge in [0.1, 0.15) is 0 Å². The summed E-state index contributed by atoms with van der Waals surface area (Å²) in [7, 11) is 1.07. The molecule has 21 heavy (non-hydrogen) atoms. The molecular weight excluding hydrogens is 282 g/mol. The number of hydrogen-bond acceptors (Lipinski definition) is 5. The monoisotopic (exact) mass is 299 g/mol. The van der Waals surface area contributed by atoms with Gasteiger partial charge in [0.25, 0.3) is 0 Å². The number of rotatable bonds is 6. The Balaban J connectivity index is 0. The molecule has 0 aromatic carbocycles. The summed E-state index contributed by atoms with van der Waals surface area (Å²) in [5, 5.41) is 16.7. The van der Waals surface area contributed by atoms with Gasteiger partial charge in [-0.3, -0.25) is 14.5 Å². The van der Waals surface area contributed by atoms with E-state index in [0.717, 1.165) is 7.11 Å². The van der Waals surface area contributed by atoms with Gasteiger partial charge in [-0.2, -0.15) is 0 Å². The third-order valence-electron chi connectivity index (χ3n) is 1.87. The van der Waals surface area contributed by atoms with Gasteiger partial charge >= 0.3 is 17.9 Å². The van der Waals surface area contributed by atoms with Crippen molar-refractivity contribution in [3.63, 3.8) is 0 Å². The second-order valence-corrected chi connectivity index (χ2v) is 3.36. The maximum Gasteiger partial charge on any atom is 0.332 e. The number of nitrogens with zero attached hydrogens (tertiary/aromatic N) is 1. The molecule has 0 atom stereocenters. The molecule has 0 aromatic rings. The molecule has 0 radical (unpaired) electrons. The Morgan fingerprint density at radius 1 is 1.14 bits per heavy atom. The first-order valence-corrected chi connectivity index (χ1v) is 5.47. The lowest BCUT2D eigenvalue weighted by atomic mass is 10.2. The molecule has 0 aromatic heterocycles. The van der Waals surface area contributed by atoms with Crippen molar-refractivity contribution in [2.45, 2.75) is 13.3 Å². The SMILES string of the molecule is C=CN(C=C)C(C)=O.COC(=O)C=C(CC(=O)O)C(=O)O. The number of carbonyl (C=O) groups excluding carboxylic acids is 2. The molecule has 0 aliphatic heterocycles. The summed E-state index contributed by atoms with van der Waals surface area (Å²) >= 11 is 0. The van der Waals surface area contributed by atoms with E-state index in [1.807, 2.05) is 0 Å². The first kappa shape index (κ1) is 20.4. The molecule has 0 spiro atoms. The van der Waals surface area contributed by atoms with E-state index < -0.39 is 29.9 Å².